The van der Waals surface area contributed by atoms with Crippen LogP contribution in [0.3, 0.4) is 0 Å². The van der Waals surface area contributed by atoms with E-state index < -0.39 is 0 Å². The summed E-state index contributed by atoms with van der Waals surface area (Å²) in [6, 6.07) is 8.62. The van der Waals surface area contributed by atoms with Crippen molar-refractivity contribution in [1.82, 2.24) is 25.5 Å². The van der Waals surface area contributed by atoms with Crippen LogP contribution < -0.4 is 10.2 Å². The van der Waals surface area contributed by atoms with Crippen molar-refractivity contribution in [3.8, 4) is 11.4 Å². The Morgan fingerprint density at radius 1 is 1.37 bits per heavy atom. The SMILES string of the molecule is C=Cc1ccc(N2CCN[C@@H](CC(C)C)C2)nc1-c1[nH]nc2ncccc12.[HH].[HH]. The fourth-order valence-corrected chi connectivity index (χ4v) is 3.79. The number of rotatable bonds is 5. The van der Waals surface area contributed by atoms with Crippen molar-refractivity contribution in [2.75, 3.05) is 24.5 Å². The number of H-pyrrole nitrogens is 1. The van der Waals surface area contributed by atoms with Gasteiger partial charge in [-0.1, -0.05) is 26.5 Å². The highest BCUT2D eigenvalue weighted by Gasteiger charge is 2.22. The van der Waals surface area contributed by atoms with Crippen LogP contribution in [0.1, 0.15) is 28.7 Å². The summed E-state index contributed by atoms with van der Waals surface area (Å²) in [5.41, 5.74) is 3.46. The zero-order valence-electron chi connectivity index (χ0n) is 15.9. The van der Waals surface area contributed by atoms with Crippen molar-refractivity contribution in [1.29, 1.82) is 0 Å². The molecule has 1 aliphatic rings. The molecule has 0 saturated carbocycles. The Hall–Kier alpha value is -2.73. The van der Waals surface area contributed by atoms with Gasteiger partial charge in [-0.25, -0.2) is 9.97 Å². The lowest BCUT2D eigenvalue weighted by atomic mass is 10.0. The molecule has 1 atom stereocenters. The Balaban J connectivity index is 0.00000150. The molecule has 1 fully saturated rings. The minimum atomic E-state index is 0. The van der Waals surface area contributed by atoms with E-state index in [-0.39, 0.29) is 2.85 Å². The molecule has 27 heavy (non-hydrogen) atoms. The molecule has 6 heteroatoms. The summed E-state index contributed by atoms with van der Waals surface area (Å²) < 4.78 is 0. The molecule has 4 rings (SSSR count). The van der Waals surface area contributed by atoms with Gasteiger partial charge in [0.05, 0.1) is 11.4 Å². The van der Waals surface area contributed by atoms with Crippen LogP contribution in [-0.4, -0.2) is 45.8 Å². The molecule has 3 aromatic rings. The highest BCUT2D eigenvalue weighted by Crippen LogP contribution is 2.29. The maximum atomic E-state index is 5.00. The number of pyridine rings is 2. The highest BCUT2D eigenvalue weighted by molar-refractivity contribution is 5.92. The monoisotopic (exact) mass is 366 g/mol. The van der Waals surface area contributed by atoms with Gasteiger partial charge in [0, 0.05) is 45.7 Å². The predicted octanol–water partition coefficient (Wildman–Crippen LogP) is 3.98. The summed E-state index contributed by atoms with van der Waals surface area (Å²) in [5, 5.41) is 12.0. The summed E-state index contributed by atoms with van der Waals surface area (Å²) in [4.78, 5) is 11.7. The average molecular weight is 367 g/mol. The molecule has 1 saturated heterocycles. The van der Waals surface area contributed by atoms with Crippen LogP contribution in [0.4, 0.5) is 5.82 Å². The van der Waals surface area contributed by atoms with Crippen molar-refractivity contribution < 1.29 is 2.85 Å². The minimum absolute atomic E-state index is 0. The lowest BCUT2D eigenvalue weighted by Crippen LogP contribution is -2.51. The van der Waals surface area contributed by atoms with E-state index in [0.717, 1.165) is 47.8 Å². The number of fused-ring (bicyclic) bond motifs is 1. The van der Waals surface area contributed by atoms with Crippen LogP contribution in [0.5, 0.6) is 0 Å². The van der Waals surface area contributed by atoms with Crippen molar-refractivity contribution in [2.45, 2.75) is 26.3 Å². The minimum Gasteiger partial charge on any atom is -0.354 e. The van der Waals surface area contributed by atoms with Crippen LogP contribution in [0, 0.1) is 5.92 Å². The quantitative estimate of drug-likeness (QED) is 0.715. The molecular weight excluding hydrogens is 336 g/mol. The Bertz CT molecular complexity index is 955. The molecule has 3 aromatic heterocycles. The summed E-state index contributed by atoms with van der Waals surface area (Å²) in [7, 11) is 0. The van der Waals surface area contributed by atoms with Gasteiger partial charge in [-0.15, -0.1) is 0 Å². The maximum absolute atomic E-state index is 5.00. The van der Waals surface area contributed by atoms with Crippen molar-refractivity contribution >= 4 is 22.9 Å². The number of nitrogens with zero attached hydrogens (tertiary/aromatic N) is 4. The first kappa shape index (κ1) is 17.7. The second-order valence-corrected chi connectivity index (χ2v) is 7.51. The predicted molar refractivity (Wildman–Crippen MR) is 115 cm³/mol. The highest BCUT2D eigenvalue weighted by atomic mass is 15.2. The van der Waals surface area contributed by atoms with E-state index in [9.17, 15) is 0 Å². The molecule has 0 amide bonds. The number of piperazine rings is 1. The van der Waals surface area contributed by atoms with E-state index in [2.05, 4.69) is 58.0 Å². The molecule has 0 spiro atoms. The number of aromatic nitrogens is 4. The third kappa shape index (κ3) is 3.57. The van der Waals surface area contributed by atoms with Crippen LogP contribution >= 0.6 is 0 Å². The first-order valence-corrected chi connectivity index (χ1v) is 9.57. The lowest BCUT2D eigenvalue weighted by molar-refractivity contribution is 0.387. The van der Waals surface area contributed by atoms with Gasteiger partial charge in [-0.2, -0.15) is 5.10 Å². The molecule has 144 valence electrons. The first-order valence-electron chi connectivity index (χ1n) is 9.57. The Labute approximate surface area is 162 Å². The van der Waals surface area contributed by atoms with E-state index in [1.165, 1.54) is 6.42 Å². The molecule has 0 aromatic carbocycles. The lowest BCUT2D eigenvalue weighted by Gasteiger charge is -2.35. The summed E-state index contributed by atoms with van der Waals surface area (Å²) in [6.45, 7) is 11.4. The van der Waals surface area contributed by atoms with Gasteiger partial charge in [-0.3, -0.25) is 5.10 Å². The van der Waals surface area contributed by atoms with Gasteiger partial charge >= 0.3 is 0 Å². The van der Waals surface area contributed by atoms with Crippen LogP contribution in [0.25, 0.3) is 28.5 Å². The number of aromatic amines is 1. The zero-order chi connectivity index (χ0) is 18.8. The Kier molecular flexibility index (Phi) is 4.90. The van der Waals surface area contributed by atoms with E-state index >= 15 is 0 Å². The fourth-order valence-electron chi connectivity index (χ4n) is 3.79. The molecule has 2 N–H and O–H groups in total. The Morgan fingerprint density at radius 3 is 3.07 bits per heavy atom. The van der Waals surface area contributed by atoms with Crippen LogP contribution in [0.2, 0.25) is 0 Å². The summed E-state index contributed by atoms with van der Waals surface area (Å²) >= 11 is 0. The number of hydrogen-bond donors (Lipinski definition) is 2. The second kappa shape index (κ2) is 7.48. The second-order valence-electron chi connectivity index (χ2n) is 7.51. The fraction of sp³-hybridized carbons (Fsp3) is 0.381. The van der Waals surface area contributed by atoms with Crippen LogP contribution in [0.15, 0.2) is 37.0 Å². The normalized spacial score (nSPS) is 17.6. The third-order valence-corrected chi connectivity index (χ3v) is 5.03. The summed E-state index contributed by atoms with van der Waals surface area (Å²) in [6.07, 6.45) is 4.76. The zero-order valence-corrected chi connectivity index (χ0v) is 15.9. The van der Waals surface area contributed by atoms with Crippen LogP contribution in [-0.2, 0) is 0 Å². The van der Waals surface area contributed by atoms with Crippen molar-refractivity contribution in [2.24, 2.45) is 5.92 Å². The average Bonchev–Trinajstić information content (AvgIpc) is 3.11. The van der Waals surface area contributed by atoms with Crippen molar-refractivity contribution in [3.05, 3.63) is 42.6 Å². The molecule has 0 bridgehead atoms. The molecule has 6 nitrogen and oxygen atoms in total. The first-order chi connectivity index (χ1) is 13.2. The number of anilines is 1. The van der Waals surface area contributed by atoms with Gasteiger partial charge in [0.15, 0.2) is 5.65 Å². The molecule has 4 heterocycles. The molecule has 0 aliphatic carbocycles. The smallest absolute Gasteiger partial charge is 0.181 e. The van der Waals surface area contributed by atoms with E-state index in [1.807, 2.05) is 18.2 Å². The molecular formula is C21H30N6. The number of hydrogen-bond acceptors (Lipinski definition) is 5. The van der Waals surface area contributed by atoms with E-state index in [0.29, 0.717) is 17.6 Å². The van der Waals surface area contributed by atoms with Gasteiger partial charge in [0.1, 0.15) is 5.82 Å². The molecule has 1 aliphatic heterocycles. The van der Waals surface area contributed by atoms with Crippen molar-refractivity contribution in [3.63, 3.8) is 0 Å². The van der Waals surface area contributed by atoms with Gasteiger partial charge in [0.25, 0.3) is 0 Å². The van der Waals surface area contributed by atoms with Gasteiger partial charge in [-0.05, 0) is 36.6 Å². The Morgan fingerprint density at radius 2 is 2.26 bits per heavy atom. The van der Waals surface area contributed by atoms with Gasteiger partial charge in [0.2, 0.25) is 0 Å². The van der Waals surface area contributed by atoms with Gasteiger partial charge < -0.3 is 10.2 Å². The third-order valence-electron chi connectivity index (χ3n) is 5.03. The summed E-state index contributed by atoms with van der Waals surface area (Å²) in [5.74, 6) is 1.68. The molecule has 0 unspecified atom stereocenters. The largest absolute Gasteiger partial charge is 0.354 e. The van der Waals surface area contributed by atoms with E-state index in [4.69, 9.17) is 4.98 Å². The standard InChI is InChI=1S/C21H26N6.2H2/c1-4-15-7-8-18(27-11-10-22-16(13-27)12-14(2)3)24-19(15)20-17-6-5-9-23-21(17)26-25-20;;/h4-9,14,16,22H,1,10-13H2,2-3H3,(H,23,25,26);2*1H/t16-;;/m0../s1. The maximum Gasteiger partial charge on any atom is 0.181 e. The van der Waals surface area contributed by atoms with E-state index in [1.54, 1.807) is 6.20 Å². The number of nitrogens with one attached hydrogen (secondary N) is 2. The molecule has 0 radical (unpaired) electrons. The topological polar surface area (TPSA) is 69.7 Å².